The van der Waals surface area contributed by atoms with Crippen LogP contribution in [0.1, 0.15) is 6.92 Å². The zero-order valence-electron chi connectivity index (χ0n) is 8.41. The maximum absolute atomic E-state index is 11.6. The molecule has 0 bridgehead atoms. The molecule has 0 aromatic heterocycles. The minimum atomic E-state index is -4.47. The van der Waals surface area contributed by atoms with Gasteiger partial charge in [0, 0.05) is 0 Å². The van der Waals surface area contributed by atoms with E-state index in [2.05, 4.69) is 15.2 Å². The summed E-state index contributed by atoms with van der Waals surface area (Å²) in [6.45, 7) is -0.850. The Kier molecular flexibility index (Phi) is 5.57. The molecule has 9 heteroatoms. The number of amidine groups is 1. The summed E-state index contributed by atoms with van der Waals surface area (Å²) in [5.74, 6) is -1.05. The summed E-state index contributed by atoms with van der Waals surface area (Å²) < 4.78 is 39.0. The standard InChI is InChI=1S/C7H12F3N3O3/c1-4(6(11)13-15)12-5(14)2-16-3-7(8,9)10/h4,15H,2-3H2,1H3,(H2,11,13)(H,12,14). The average molecular weight is 243 g/mol. The van der Waals surface area contributed by atoms with Gasteiger partial charge in [0.2, 0.25) is 5.91 Å². The smallest absolute Gasteiger partial charge is 0.409 e. The van der Waals surface area contributed by atoms with Gasteiger partial charge in [0.25, 0.3) is 0 Å². The Morgan fingerprint density at radius 1 is 1.62 bits per heavy atom. The molecule has 1 amide bonds. The second kappa shape index (κ2) is 6.16. The minimum Gasteiger partial charge on any atom is -0.409 e. The van der Waals surface area contributed by atoms with Crippen LogP contribution >= 0.6 is 0 Å². The van der Waals surface area contributed by atoms with Gasteiger partial charge in [-0.05, 0) is 6.92 Å². The number of nitrogens with one attached hydrogen (secondary N) is 1. The second-order valence-electron chi connectivity index (χ2n) is 2.92. The number of alkyl halides is 3. The fourth-order valence-electron chi connectivity index (χ4n) is 0.703. The van der Waals surface area contributed by atoms with Crippen LogP contribution < -0.4 is 11.1 Å². The van der Waals surface area contributed by atoms with Crippen LogP contribution in [0.25, 0.3) is 0 Å². The van der Waals surface area contributed by atoms with Crippen molar-refractivity contribution < 1.29 is 27.9 Å². The Bertz CT molecular complexity index is 267. The molecule has 1 unspecified atom stereocenters. The minimum absolute atomic E-state index is 0.260. The van der Waals surface area contributed by atoms with Gasteiger partial charge in [0.1, 0.15) is 13.2 Å². The molecule has 94 valence electrons. The lowest BCUT2D eigenvalue weighted by atomic mass is 10.3. The van der Waals surface area contributed by atoms with E-state index in [1.807, 2.05) is 0 Å². The maximum atomic E-state index is 11.6. The highest BCUT2D eigenvalue weighted by Gasteiger charge is 2.27. The van der Waals surface area contributed by atoms with Crippen LogP contribution in [0.5, 0.6) is 0 Å². The van der Waals surface area contributed by atoms with Gasteiger partial charge in [-0.2, -0.15) is 13.2 Å². The van der Waals surface area contributed by atoms with Crippen molar-refractivity contribution in [2.45, 2.75) is 19.1 Å². The fourth-order valence-corrected chi connectivity index (χ4v) is 0.703. The monoisotopic (exact) mass is 243 g/mol. The van der Waals surface area contributed by atoms with Crippen molar-refractivity contribution in [3.05, 3.63) is 0 Å². The lowest BCUT2D eigenvalue weighted by molar-refractivity contribution is -0.175. The van der Waals surface area contributed by atoms with Gasteiger partial charge in [0.05, 0.1) is 6.04 Å². The molecule has 1 atom stereocenters. The van der Waals surface area contributed by atoms with E-state index in [0.717, 1.165) is 0 Å². The first-order valence-electron chi connectivity index (χ1n) is 4.17. The first-order chi connectivity index (χ1) is 7.26. The van der Waals surface area contributed by atoms with E-state index in [4.69, 9.17) is 10.9 Å². The number of nitrogens with two attached hydrogens (primary N) is 1. The van der Waals surface area contributed by atoms with E-state index in [1.165, 1.54) is 6.92 Å². The van der Waals surface area contributed by atoms with Gasteiger partial charge in [-0.25, -0.2) is 0 Å². The molecule has 0 aromatic rings. The van der Waals surface area contributed by atoms with Crippen molar-refractivity contribution in [1.82, 2.24) is 5.32 Å². The molecule has 0 spiro atoms. The molecule has 0 saturated carbocycles. The number of hydrogen-bond donors (Lipinski definition) is 3. The highest BCUT2D eigenvalue weighted by molar-refractivity contribution is 5.89. The third-order valence-corrected chi connectivity index (χ3v) is 1.44. The first-order valence-corrected chi connectivity index (χ1v) is 4.17. The highest BCUT2D eigenvalue weighted by atomic mass is 19.4. The van der Waals surface area contributed by atoms with Crippen LogP contribution in [-0.2, 0) is 9.53 Å². The average Bonchev–Trinajstić information content (AvgIpc) is 2.14. The summed E-state index contributed by atoms with van der Waals surface area (Å²) in [6, 6.07) is -0.785. The number of ether oxygens (including phenoxy) is 1. The molecule has 0 radical (unpaired) electrons. The second-order valence-corrected chi connectivity index (χ2v) is 2.92. The maximum Gasteiger partial charge on any atom is 0.411 e. The van der Waals surface area contributed by atoms with Crippen molar-refractivity contribution in [3.8, 4) is 0 Å². The Balaban J connectivity index is 3.84. The van der Waals surface area contributed by atoms with Gasteiger partial charge in [0.15, 0.2) is 5.84 Å². The molecule has 16 heavy (non-hydrogen) atoms. The zero-order chi connectivity index (χ0) is 12.8. The molecular formula is C7H12F3N3O3. The van der Waals surface area contributed by atoms with Gasteiger partial charge in [-0.3, -0.25) is 4.79 Å². The van der Waals surface area contributed by atoms with E-state index in [9.17, 15) is 18.0 Å². The third-order valence-electron chi connectivity index (χ3n) is 1.44. The Morgan fingerprint density at radius 3 is 2.62 bits per heavy atom. The lowest BCUT2D eigenvalue weighted by Gasteiger charge is -2.12. The number of nitrogens with zero attached hydrogens (tertiary/aromatic N) is 1. The van der Waals surface area contributed by atoms with Crippen molar-refractivity contribution in [2.24, 2.45) is 10.9 Å². The number of oxime groups is 1. The largest absolute Gasteiger partial charge is 0.411 e. The number of hydrogen-bond acceptors (Lipinski definition) is 4. The predicted molar refractivity (Wildman–Crippen MR) is 47.9 cm³/mol. The van der Waals surface area contributed by atoms with Crippen molar-refractivity contribution in [2.75, 3.05) is 13.2 Å². The number of carbonyl (C=O) groups is 1. The lowest BCUT2D eigenvalue weighted by Crippen LogP contribution is -2.44. The molecule has 0 fully saturated rings. The normalized spacial score (nSPS) is 14.6. The summed E-state index contributed by atoms with van der Waals surface area (Å²) in [7, 11) is 0. The molecule has 0 aliphatic rings. The molecule has 6 nitrogen and oxygen atoms in total. The van der Waals surface area contributed by atoms with Crippen molar-refractivity contribution >= 4 is 11.7 Å². The highest BCUT2D eigenvalue weighted by Crippen LogP contribution is 2.13. The van der Waals surface area contributed by atoms with Crippen LogP contribution in [0.4, 0.5) is 13.2 Å². The first kappa shape index (κ1) is 14.5. The molecule has 0 heterocycles. The van der Waals surface area contributed by atoms with E-state index in [1.54, 1.807) is 0 Å². The summed E-state index contributed by atoms with van der Waals surface area (Å²) >= 11 is 0. The summed E-state index contributed by atoms with van der Waals surface area (Å²) in [6.07, 6.45) is -4.47. The number of rotatable bonds is 5. The number of amides is 1. The van der Waals surface area contributed by atoms with Crippen LogP contribution in [0.15, 0.2) is 5.16 Å². The van der Waals surface area contributed by atoms with Crippen LogP contribution in [0.2, 0.25) is 0 Å². The quantitative estimate of drug-likeness (QED) is 0.270. The van der Waals surface area contributed by atoms with Gasteiger partial charge in [-0.1, -0.05) is 5.16 Å². The van der Waals surface area contributed by atoms with Crippen LogP contribution in [0, 0.1) is 0 Å². The van der Waals surface area contributed by atoms with Gasteiger partial charge >= 0.3 is 6.18 Å². The van der Waals surface area contributed by atoms with E-state index < -0.39 is 31.3 Å². The van der Waals surface area contributed by atoms with Crippen LogP contribution in [0.3, 0.4) is 0 Å². The van der Waals surface area contributed by atoms with Crippen molar-refractivity contribution in [3.63, 3.8) is 0 Å². The van der Waals surface area contributed by atoms with E-state index >= 15 is 0 Å². The van der Waals surface area contributed by atoms with Crippen LogP contribution in [-0.4, -0.2) is 42.4 Å². The molecule has 0 rings (SSSR count). The molecule has 0 aliphatic carbocycles. The Hall–Kier alpha value is -1.51. The Labute approximate surface area is 89.2 Å². The van der Waals surface area contributed by atoms with Gasteiger partial charge < -0.3 is 21.0 Å². The summed E-state index contributed by atoms with van der Waals surface area (Å²) in [5.41, 5.74) is 5.13. The molecule has 4 N–H and O–H groups in total. The van der Waals surface area contributed by atoms with Crippen molar-refractivity contribution in [1.29, 1.82) is 0 Å². The predicted octanol–water partition coefficient (Wildman–Crippen LogP) is -0.184. The van der Waals surface area contributed by atoms with E-state index in [0.29, 0.717) is 0 Å². The number of carbonyl (C=O) groups excluding carboxylic acids is 1. The number of halogens is 3. The molecule has 0 aliphatic heterocycles. The zero-order valence-corrected chi connectivity index (χ0v) is 8.41. The van der Waals surface area contributed by atoms with E-state index in [-0.39, 0.29) is 5.84 Å². The summed E-state index contributed by atoms with van der Waals surface area (Å²) in [5, 5.41) is 13.0. The summed E-state index contributed by atoms with van der Waals surface area (Å²) in [4.78, 5) is 11.0. The topological polar surface area (TPSA) is 96.9 Å². The molecule has 0 aromatic carbocycles. The Morgan fingerprint density at radius 2 is 2.19 bits per heavy atom. The third kappa shape index (κ3) is 6.87. The molecule has 0 saturated heterocycles. The van der Waals surface area contributed by atoms with Gasteiger partial charge in [-0.15, -0.1) is 0 Å². The SMILES string of the molecule is CC(NC(=O)COCC(F)(F)F)C(N)=NO. The molecular weight excluding hydrogens is 231 g/mol. The fraction of sp³-hybridized carbons (Fsp3) is 0.714.